The number of ether oxygens (including phenoxy) is 2. The predicted octanol–water partition coefficient (Wildman–Crippen LogP) is 4.78. The minimum atomic E-state index is -0.282. The first-order valence-electron chi connectivity index (χ1n) is 9.82. The van der Waals surface area contributed by atoms with Crippen LogP contribution in [0.5, 0.6) is 0 Å². The molecule has 0 aromatic rings. The molecule has 3 fully saturated rings. The fourth-order valence-corrected chi connectivity index (χ4v) is 6.77. The number of carbonyl (C=O) groups excluding carboxylic acids is 1. The zero-order valence-electron chi connectivity index (χ0n) is 16.4. The van der Waals surface area contributed by atoms with Gasteiger partial charge in [-0.15, -0.1) is 0 Å². The Kier molecular flexibility index (Phi) is 4.41. The minimum Gasteiger partial charge on any atom is -0.472 e. The van der Waals surface area contributed by atoms with E-state index < -0.39 is 0 Å². The molecule has 5 heteroatoms. The number of epoxide rings is 1. The van der Waals surface area contributed by atoms with Crippen molar-refractivity contribution in [2.45, 2.75) is 71.2 Å². The second-order valence-electron chi connectivity index (χ2n) is 9.51. The summed E-state index contributed by atoms with van der Waals surface area (Å²) in [5, 5.41) is 0. The zero-order valence-corrected chi connectivity index (χ0v) is 18.0. The van der Waals surface area contributed by atoms with Gasteiger partial charge in [-0.3, -0.25) is 4.79 Å². The van der Waals surface area contributed by atoms with E-state index in [2.05, 4.69) is 33.8 Å². The van der Waals surface area contributed by atoms with Gasteiger partial charge in [-0.05, 0) is 61.1 Å². The van der Waals surface area contributed by atoms with Crippen LogP contribution in [-0.2, 0) is 14.3 Å². The fourth-order valence-electron chi connectivity index (χ4n) is 6.47. The number of hydrogen-bond donors (Lipinski definition) is 0. The van der Waals surface area contributed by atoms with Crippen molar-refractivity contribution in [2.75, 3.05) is 6.26 Å². The molecule has 1 heterocycles. The second kappa shape index (κ2) is 6.05. The molecule has 0 amide bonds. The van der Waals surface area contributed by atoms with Crippen molar-refractivity contribution in [3.05, 3.63) is 12.2 Å². The van der Waals surface area contributed by atoms with Crippen LogP contribution in [0.25, 0.3) is 0 Å². The van der Waals surface area contributed by atoms with Crippen LogP contribution in [0.4, 0.5) is 0 Å². The summed E-state index contributed by atoms with van der Waals surface area (Å²) in [6, 6.07) is 0. The third-order valence-electron chi connectivity index (χ3n) is 8.02. The van der Waals surface area contributed by atoms with Crippen molar-refractivity contribution in [3.8, 4) is 0 Å². The first kappa shape index (κ1) is 18.9. The molecule has 4 rings (SSSR count). The number of rotatable bonds is 2. The molecule has 7 atom stereocenters. The lowest BCUT2D eigenvalue weighted by Crippen LogP contribution is -2.52. The molecule has 0 N–H and O–H groups in total. The topological polar surface area (TPSA) is 38.8 Å². The minimum absolute atomic E-state index is 0.0350. The summed E-state index contributed by atoms with van der Waals surface area (Å²) in [6.45, 7) is 9.37. The molecule has 0 aromatic heterocycles. The molecule has 4 aliphatic rings. The van der Waals surface area contributed by atoms with E-state index in [0.29, 0.717) is 22.6 Å². The van der Waals surface area contributed by atoms with Gasteiger partial charge in [-0.25, -0.2) is 0 Å². The van der Waals surface area contributed by atoms with Gasteiger partial charge in [0, 0.05) is 17.8 Å². The Morgan fingerprint density at radius 1 is 1.38 bits per heavy atom. The van der Waals surface area contributed by atoms with Gasteiger partial charge < -0.3 is 9.47 Å². The molecular formula is C21H30O3S2. The van der Waals surface area contributed by atoms with Crippen LogP contribution in [0, 0.1) is 28.6 Å². The van der Waals surface area contributed by atoms with Crippen molar-refractivity contribution in [3.63, 3.8) is 0 Å². The highest BCUT2D eigenvalue weighted by atomic mass is 32.2. The molecule has 144 valence electrons. The van der Waals surface area contributed by atoms with Crippen LogP contribution in [-0.4, -0.2) is 34.2 Å². The molecule has 0 bridgehead atoms. The summed E-state index contributed by atoms with van der Waals surface area (Å²) in [7, 11) is 0. The summed E-state index contributed by atoms with van der Waals surface area (Å²) in [6.07, 6.45) is 9.83. The first-order chi connectivity index (χ1) is 12.2. The Labute approximate surface area is 166 Å². The maximum Gasteiger partial charge on any atom is 0.220 e. The van der Waals surface area contributed by atoms with E-state index in [1.807, 2.05) is 6.26 Å². The molecule has 3 aliphatic carbocycles. The van der Waals surface area contributed by atoms with Crippen molar-refractivity contribution in [1.29, 1.82) is 0 Å². The molecule has 26 heavy (non-hydrogen) atoms. The number of carbonyl (C=O) groups is 1. The third kappa shape index (κ3) is 2.42. The van der Waals surface area contributed by atoms with Crippen molar-refractivity contribution in [2.24, 2.45) is 28.6 Å². The van der Waals surface area contributed by atoms with Crippen LogP contribution in [0.15, 0.2) is 12.2 Å². The summed E-state index contributed by atoms with van der Waals surface area (Å²) in [4.78, 5) is 12.3. The van der Waals surface area contributed by atoms with E-state index in [1.165, 1.54) is 11.8 Å². The van der Waals surface area contributed by atoms with Crippen molar-refractivity contribution in [1.82, 2.24) is 0 Å². The Bertz CT molecular complexity index is 674. The van der Waals surface area contributed by atoms with Crippen molar-refractivity contribution >= 4 is 34.1 Å². The van der Waals surface area contributed by atoms with Crippen LogP contribution >= 0.6 is 24.0 Å². The van der Waals surface area contributed by atoms with E-state index in [4.69, 9.17) is 21.7 Å². The van der Waals surface area contributed by atoms with Gasteiger partial charge in [-0.1, -0.05) is 45.5 Å². The van der Waals surface area contributed by atoms with Gasteiger partial charge in [0.15, 0.2) is 5.78 Å². The molecule has 1 aliphatic heterocycles. The largest absolute Gasteiger partial charge is 0.472 e. The highest BCUT2D eigenvalue weighted by molar-refractivity contribution is 8.22. The molecule has 0 aromatic carbocycles. The van der Waals surface area contributed by atoms with E-state index in [0.717, 1.165) is 19.3 Å². The monoisotopic (exact) mass is 394 g/mol. The third-order valence-corrected chi connectivity index (χ3v) is 9.05. The number of fused-ring (bicyclic) bond motifs is 1. The Morgan fingerprint density at radius 3 is 2.77 bits per heavy atom. The van der Waals surface area contributed by atoms with E-state index in [1.54, 1.807) is 6.08 Å². The SMILES string of the molecule is CSC(=S)O[C@@H]1[C@H]2CC(=O)C=C[C@@]2(C)CC[C@]2(C)[C@@H](C(C)C)C[C@@H]3O[C@]312. The Hall–Kier alpha value is -0.390. The molecule has 1 saturated heterocycles. The summed E-state index contributed by atoms with van der Waals surface area (Å²) in [5.41, 5.74) is -0.246. The average Bonchev–Trinajstić information content (AvgIpc) is 3.28. The van der Waals surface area contributed by atoms with Gasteiger partial charge >= 0.3 is 0 Å². The maximum absolute atomic E-state index is 12.3. The summed E-state index contributed by atoms with van der Waals surface area (Å²) < 4.78 is 13.5. The Morgan fingerprint density at radius 2 is 2.12 bits per heavy atom. The lowest BCUT2D eigenvalue weighted by atomic mass is 9.64. The number of ketones is 1. The maximum atomic E-state index is 12.3. The number of thioether (sulfide) groups is 1. The van der Waals surface area contributed by atoms with Gasteiger partial charge in [-0.2, -0.15) is 0 Å². The smallest absolute Gasteiger partial charge is 0.220 e. The number of hydrogen-bond acceptors (Lipinski definition) is 5. The van der Waals surface area contributed by atoms with Crippen LogP contribution < -0.4 is 0 Å². The average molecular weight is 395 g/mol. The first-order valence-corrected chi connectivity index (χ1v) is 11.5. The van der Waals surface area contributed by atoms with Gasteiger partial charge in [0.05, 0.1) is 6.10 Å². The predicted molar refractivity (Wildman–Crippen MR) is 109 cm³/mol. The molecular weight excluding hydrogens is 364 g/mol. The van der Waals surface area contributed by atoms with E-state index >= 15 is 0 Å². The van der Waals surface area contributed by atoms with E-state index in [9.17, 15) is 4.79 Å². The number of allylic oxidation sites excluding steroid dienone is 2. The Balaban J connectivity index is 1.82. The molecule has 2 saturated carbocycles. The summed E-state index contributed by atoms with van der Waals surface area (Å²) in [5.74, 6) is 1.57. The molecule has 0 radical (unpaired) electrons. The normalized spacial score (nSPS) is 49.2. The van der Waals surface area contributed by atoms with E-state index in [-0.39, 0.29) is 40.3 Å². The molecule has 1 spiro atoms. The zero-order chi connectivity index (χ0) is 18.9. The quantitative estimate of drug-likeness (QED) is 0.498. The van der Waals surface area contributed by atoms with Crippen LogP contribution in [0.2, 0.25) is 0 Å². The fraction of sp³-hybridized carbons (Fsp3) is 0.810. The highest BCUT2D eigenvalue weighted by Crippen LogP contribution is 2.73. The highest BCUT2D eigenvalue weighted by Gasteiger charge is 2.81. The summed E-state index contributed by atoms with van der Waals surface area (Å²) >= 11 is 6.94. The molecule has 0 unspecified atom stereocenters. The number of thiocarbonyl (C=S) groups is 1. The van der Waals surface area contributed by atoms with Crippen LogP contribution in [0.1, 0.15) is 53.4 Å². The lowest BCUT2D eigenvalue weighted by Gasteiger charge is -2.44. The van der Waals surface area contributed by atoms with Crippen molar-refractivity contribution < 1.29 is 14.3 Å². The van der Waals surface area contributed by atoms with Gasteiger partial charge in [0.25, 0.3) is 0 Å². The lowest BCUT2D eigenvalue weighted by molar-refractivity contribution is -0.120. The molecule has 3 nitrogen and oxygen atoms in total. The van der Waals surface area contributed by atoms with Crippen LogP contribution in [0.3, 0.4) is 0 Å². The second-order valence-corrected chi connectivity index (χ2v) is 10.9. The van der Waals surface area contributed by atoms with Gasteiger partial charge in [0.2, 0.25) is 4.38 Å². The van der Waals surface area contributed by atoms with Gasteiger partial charge in [0.1, 0.15) is 11.7 Å². The standard InChI is InChI=1S/C21H30O3S2/c1-12(2)14-11-16-21(24-16)17(23-18(25)26-5)15-10-13(22)6-7-19(15,3)8-9-20(14,21)4/h6-7,12,14-17H,8-11H2,1-5H3/t14-,15-,16+,17-,19+,20-,21-/m1/s1.